The van der Waals surface area contributed by atoms with Gasteiger partial charge in [-0.15, -0.1) is 11.8 Å². The molecule has 0 saturated carbocycles. The zero-order valence-electron chi connectivity index (χ0n) is 15.4. The number of carbonyl (C=O) groups is 2. The van der Waals surface area contributed by atoms with E-state index in [1.807, 2.05) is 26.0 Å². The monoisotopic (exact) mass is 415 g/mol. The molecule has 0 unspecified atom stereocenters. The van der Waals surface area contributed by atoms with Crippen LogP contribution in [-0.2, 0) is 10.5 Å². The van der Waals surface area contributed by atoms with Gasteiger partial charge in [0.1, 0.15) is 5.76 Å². The lowest BCUT2D eigenvalue weighted by molar-refractivity contribution is 0.0471. The lowest BCUT2D eigenvalue weighted by Gasteiger charge is -2.09. The number of benzene rings is 2. The number of nitrogens with zero attached hydrogens (tertiary/aromatic N) is 1. The minimum atomic E-state index is -0.538. The van der Waals surface area contributed by atoms with Crippen molar-refractivity contribution >= 4 is 35.1 Å². The number of aromatic nitrogens is 1. The highest BCUT2D eigenvalue weighted by molar-refractivity contribution is 7.98. The van der Waals surface area contributed by atoms with E-state index in [-0.39, 0.29) is 12.4 Å². The SMILES string of the molecule is Cc1noc(C)c1CSc1ccccc1C(=O)OCC(=O)c1ccc(Cl)cc1. The molecule has 0 fully saturated rings. The maximum Gasteiger partial charge on any atom is 0.339 e. The number of Topliss-reactive ketones (excluding diaryl/α,β-unsaturated/α-hetero) is 1. The lowest BCUT2D eigenvalue weighted by atomic mass is 10.1. The fourth-order valence-electron chi connectivity index (χ4n) is 2.55. The predicted molar refractivity (Wildman–Crippen MR) is 108 cm³/mol. The summed E-state index contributed by atoms with van der Waals surface area (Å²) >= 11 is 7.31. The second-order valence-corrected chi connectivity index (χ2v) is 7.55. The zero-order chi connectivity index (χ0) is 20.1. The highest BCUT2D eigenvalue weighted by atomic mass is 35.5. The molecule has 3 aromatic rings. The lowest BCUT2D eigenvalue weighted by Crippen LogP contribution is -2.14. The Labute approximate surface area is 172 Å². The molecule has 0 spiro atoms. The summed E-state index contributed by atoms with van der Waals surface area (Å²) in [4.78, 5) is 25.5. The van der Waals surface area contributed by atoms with Crippen molar-refractivity contribution in [2.75, 3.05) is 6.61 Å². The summed E-state index contributed by atoms with van der Waals surface area (Å²) in [5.74, 6) is 0.559. The van der Waals surface area contributed by atoms with Crippen LogP contribution in [0.15, 0.2) is 57.9 Å². The van der Waals surface area contributed by atoms with Gasteiger partial charge in [0.15, 0.2) is 12.4 Å². The first-order chi connectivity index (χ1) is 13.5. The predicted octanol–water partition coefficient (Wildman–Crippen LogP) is 5.28. The van der Waals surface area contributed by atoms with Crippen LogP contribution in [0.25, 0.3) is 0 Å². The van der Waals surface area contributed by atoms with Crippen molar-refractivity contribution in [2.24, 2.45) is 0 Å². The average molecular weight is 416 g/mol. The largest absolute Gasteiger partial charge is 0.454 e. The Morgan fingerprint density at radius 2 is 1.82 bits per heavy atom. The van der Waals surface area contributed by atoms with Crippen LogP contribution in [0.5, 0.6) is 0 Å². The number of ether oxygens (including phenoxy) is 1. The number of hydrogen-bond acceptors (Lipinski definition) is 6. The van der Waals surface area contributed by atoms with E-state index in [9.17, 15) is 9.59 Å². The van der Waals surface area contributed by atoms with Crippen LogP contribution in [0, 0.1) is 13.8 Å². The van der Waals surface area contributed by atoms with Crippen molar-refractivity contribution in [1.82, 2.24) is 5.16 Å². The molecule has 0 saturated heterocycles. The minimum absolute atomic E-state index is 0.286. The van der Waals surface area contributed by atoms with Crippen LogP contribution in [-0.4, -0.2) is 23.5 Å². The third kappa shape index (κ3) is 4.82. The highest BCUT2D eigenvalue weighted by Gasteiger charge is 2.17. The molecule has 0 aliphatic rings. The van der Waals surface area contributed by atoms with Crippen LogP contribution < -0.4 is 0 Å². The second-order valence-electron chi connectivity index (χ2n) is 6.09. The smallest absolute Gasteiger partial charge is 0.339 e. The van der Waals surface area contributed by atoms with Gasteiger partial charge in [-0.25, -0.2) is 4.79 Å². The molecule has 7 heteroatoms. The maximum absolute atomic E-state index is 12.5. The standard InChI is InChI=1S/C21H18ClNO4S/c1-13-18(14(2)27-23-13)12-28-20-6-4-3-5-17(20)21(25)26-11-19(24)15-7-9-16(22)10-8-15/h3-10H,11-12H2,1-2H3. The van der Waals surface area contributed by atoms with E-state index in [1.165, 1.54) is 11.8 Å². The Morgan fingerprint density at radius 1 is 1.11 bits per heavy atom. The van der Waals surface area contributed by atoms with E-state index in [4.69, 9.17) is 20.9 Å². The Balaban J connectivity index is 1.65. The summed E-state index contributed by atoms with van der Waals surface area (Å²) in [6, 6.07) is 13.6. The average Bonchev–Trinajstić information content (AvgIpc) is 3.02. The molecule has 144 valence electrons. The molecule has 0 aliphatic heterocycles. The molecule has 1 aromatic heterocycles. The molecule has 1 heterocycles. The zero-order valence-corrected chi connectivity index (χ0v) is 17.0. The van der Waals surface area contributed by atoms with Crippen molar-refractivity contribution in [3.05, 3.63) is 81.7 Å². The van der Waals surface area contributed by atoms with Crippen molar-refractivity contribution in [2.45, 2.75) is 24.5 Å². The van der Waals surface area contributed by atoms with Crippen molar-refractivity contribution in [3.8, 4) is 0 Å². The van der Waals surface area contributed by atoms with Crippen LogP contribution in [0.3, 0.4) is 0 Å². The summed E-state index contributed by atoms with van der Waals surface area (Å²) in [5.41, 5.74) is 2.70. The molecule has 0 bridgehead atoms. The Morgan fingerprint density at radius 3 is 2.50 bits per heavy atom. The second kappa shape index (κ2) is 9.08. The summed E-state index contributed by atoms with van der Waals surface area (Å²) < 4.78 is 10.4. The molecule has 0 amide bonds. The molecule has 0 atom stereocenters. The molecule has 0 radical (unpaired) electrons. The summed E-state index contributed by atoms with van der Waals surface area (Å²) in [7, 11) is 0. The molecule has 0 aliphatic carbocycles. The van der Waals surface area contributed by atoms with E-state index in [1.54, 1.807) is 36.4 Å². The van der Waals surface area contributed by atoms with Crippen molar-refractivity contribution in [3.63, 3.8) is 0 Å². The van der Waals surface area contributed by atoms with Crippen molar-refractivity contribution in [1.29, 1.82) is 0 Å². The number of rotatable bonds is 7. The van der Waals surface area contributed by atoms with Gasteiger partial charge in [-0.2, -0.15) is 0 Å². The first-order valence-corrected chi connectivity index (χ1v) is 9.91. The third-order valence-electron chi connectivity index (χ3n) is 4.16. The first kappa shape index (κ1) is 20.2. The summed E-state index contributed by atoms with van der Waals surface area (Å²) in [5, 5.41) is 4.48. The molecular weight excluding hydrogens is 398 g/mol. The van der Waals surface area contributed by atoms with Crippen molar-refractivity contribution < 1.29 is 18.8 Å². The third-order valence-corrected chi connectivity index (χ3v) is 5.51. The first-order valence-electron chi connectivity index (χ1n) is 8.55. The van der Waals surface area contributed by atoms with E-state index in [0.29, 0.717) is 21.9 Å². The fourth-order valence-corrected chi connectivity index (χ4v) is 3.87. The van der Waals surface area contributed by atoms with E-state index >= 15 is 0 Å². The number of ketones is 1. The van der Waals surface area contributed by atoms with Gasteiger partial charge in [0, 0.05) is 26.8 Å². The molecule has 2 aromatic carbocycles. The molecule has 5 nitrogen and oxygen atoms in total. The molecule has 0 N–H and O–H groups in total. The number of hydrogen-bond donors (Lipinski definition) is 0. The van der Waals surface area contributed by atoms with Gasteiger partial charge >= 0.3 is 5.97 Å². The highest BCUT2D eigenvalue weighted by Crippen LogP contribution is 2.29. The normalized spacial score (nSPS) is 10.7. The van der Waals surface area contributed by atoms with Crippen LogP contribution in [0.1, 0.15) is 37.7 Å². The minimum Gasteiger partial charge on any atom is -0.454 e. The Bertz CT molecular complexity index is 978. The Hall–Kier alpha value is -2.57. The number of carbonyl (C=O) groups excluding carboxylic acids is 2. The topological polar surface area (TPSA) is 69.4 Å². The van der Waals surface area contributed by atoms with E-state index in [2.05, 4.69) is 5.16 Å². The molecule has 28 heavy (non-hydrogen) atoms. The van der Waals surface area contributed by atoms with Crippen LogP contribution >= 0.6 is 23.4 Å². The van der Waals surface area contributed by atoms with Gasteiger partial charge in [0.05, 0.1) is 11.3 Å². The van der Waals surface area contributed by atoms with Crippen LogP contribution in [0.4, 0.5) is 0 Å². The summed E-state index contributed by atoms with van der Waals surface area (Å²) in [6.45, 7) is 3.41. The van der Waals surface area contributed by atoms with Gasteiger partial charge in [0.25, 0.3) is 0 Å². The Kier molecular flexibility index (Phi) is 6.54. The summed E-state index contributed by atoms with van der Waals surface area (Å²) in [6.07, 6.45) is 0. The quantitative estimate of drug-likeness (QED) is 0.297. The van der Waals surface area contributed by atoms with Gasteiger partial charge in [0.2, 0.25) is 0 Å². The number of esters is 1. The number of thioether (sulfide) groups is 1. The fraction of sp³-hybridized carbons (Fsp3) is 0.190. The van der Waals surface area contributed by atoms with Gasteiger partial charge in [-0.05, 0) is 50.2 Å². The molecular formula is C21H18ClNO4S. The van der Waals surface area contributed by atoms with Crippen LogP contribution in [0.2, 0.25) is 5.02 Å². The van der Waals surface area contributed by atoms with Gasteiger partial charge in [-0.3, -0.25) is 4.79 Å². The maximum atomic E-state index is 12.5. The number of aryl methyl sites for hydroxylation is 2. The number of halogens is 1. The van der Waals surface area contributed by atoms with Gasteiger partial charge in [-0.1, -0.05) is 28.9 Å². The van der Waals surface area contributed by atoms with E-state index in [0.717, 1.165) is 21.9 Å². The molecule has 3 rings (SSSR count). The van der Waals surface area contributed by atoms with E-state index < -0.39 is 5.97 Å². The van der Waals surface area contributed by atoms with Gasteiger partial charge < -0.3 is 9.26 Å².